The van der Waals surface area contributed by atoms with Crippen LogP contribution in [-0.2, 0) is 4.79 Å². The number of carboxylic acids is 1. The van der Waals surface area contributed by atoms with E-state index in [1.807, 2.05) is 44.2 Å². The Morgan fingerprint density at radius 3 is 2.27 bits per heavy atom. The quantitative estimate of drug-likeness (QED) is 0.327. The Morgan fingerprint density at radius 2 is 1.73 bits per heavy atom. The molecule has 4 atom stereocenters. The van der Waals surface area contributed by atoms with Gasteiger partial charge in [0.1, 0.15) is 13.6 Å². The minimum atomic E-state index is -1.28. The van der Waals surface area contributed by atoms with E-state index in [1.165, 1.54) is 0 Å². The summed E-state index contributed by atoms with van der Waals surface area (Å²) in [7, 11) is 0. The molecule has 30 heavy (non-hydrogen) atoms. The lowest BCUT2D eigenvalue weighted by Gasteiger charge is -2.25. The van der Waals surface area contributed by atoms with Gasteiger partial charge in [-0.1, -0.05) is 108 Å². The van der Waals surface area contributed by atoms with Crippen LogP contribution < -0.4 is 4.74 Å². The Morgan fingerprint density at radius 1 is 1.13 bits per heavy atom. The Kier molecular flexibility index (Phi) is 6.79. The number of hydrogen-bond acceptors (Lipinski definition) is 3. The molecule has 4 unspecified atom stereocenters. The van der Waals surface area contributed by atoms with Crippen molar-refractivity contribution in [3.8, 4) is 17.6 Å². The highest BCUT2D eigenvalue weighted by Gasteiger charge is 2.81. The summed E-state index contributed by atoms with van der Waals surface area (Å²) in [6, 6.07) is 18.7. The SMILES string of the molecule is CC1(C)C(C(Br)C(Br)(Br)Br)C1(C(=O)O)C(C#N)c1cccc(Oc2ccccc2)c1. The van der Waals surface area contributed by atoms with Gasteiger partial charge in [0.15, 0.2) is 0 Å². The van der Waals surface area contributed by atoms with Gasteiger partial charge in [-0.15, -0.1) is 0 Å². The van der Waals surface area contributed by atoms with Gasteiger partial charge in [-0.25, -0.2) is 0 Å². The molecule has 1 N–H and O–H groups in total. The first-order valence-corrected chi connectivity index (χ1v) is 12.4. The fourth-order valence-electron chi connectivity index (χ4n) is 4.53. The Balaban J connectivity index is 2.03. The number of hydrogen-bond donors (Lipinski definition) is 1. The topological polar surface area (TPSA) is 70.3 Å². The van der Waals surface area contributed by atoms with Crippen molar-refractivity contribution in [1.82, 2.24) is 0 Å². The van der Waals surface area contributed by atoms with Crippen LogP contribution in [0.5, 0.6) is 11.5 Å². The number of carbonyl (C=O) groups is 1. The molecule has 0 amide bonds. The zero-order chi connectivity index (χ0) is 22.3. The third kappa shape index (κ3) is 3.99. The Bertz CT molecular complexity index is 984. The molecule has 0 aliphatic heterocycles. The fraction of sp³-hybridized carbons (Fsp3) is 0.364. The summed E-state index contributed by atoms with van der Waals surface area (Å²) in [6.45, 7) is 3.79. The van der Waals surface area contributed by atoms with Crippen LogP contribution in [0, 0.1) is 28.1 Å². The molecule has 0 radical (unpaired) electrons. The molecule has 0 bridgehead atoms. The molecular formula is C22H19Br4NO3. The van der Waals surface area contributed by atoms with Crippen LogP contribution in [0.2, 0.25) is 0 Å². The molecule has 0 aromatic heterocycles. The predicted octanol–water partition coefficient (Wildman–Crippen LogP) is 7.42. The third-order valence-corrected chi connectivity index (χ3v) is 10.5. The van der Waals surface area contributed by atoms with Gasteiger partial charge in [0.05, 0.1) is 22.2 Å². The Hall–Kier alpha value is -0.880. The summed E-state index contributed by atoms with van der Waals surface area (Å²) >= 11 is 14.1. The van der Waals surface area contributed by atoms with Crippen LogP contribution in [0.3, 0.4) is 0 Å². The van der Waals surface area contributed by atoms with Crippen molar-refractivity contribution < 1.29 is 14.6 Å². The van der Waals surface area contributed by atoms with Crippen molar-refractivity contribution in [2.75, 3.05) is 0 Å². The standard InChI is InChI=1S/C22H19Br4NO3/c1-20(2)17(18(23)22(24,25)26)21(20,19(28)29)16(12-27)13-7-6-10-15(11-13)30-14-8-4-3-5-9-14/h3-11,16-18H,1-2H3,(H,28,29). The van der Waals surface area contributed by atoms with Crippen molar-refractivity contribution in [3.63, 3.8) is 0 Å². The number of benzene rings is 2. The van der Waals surface area contributed by atoms with Crippen LogP contribution in [-0.4, -0.2) is 18.0 Å². The monoisotopic (exact) mass is 661 g/mol. The van der Waals surface area contributed by atoms with Crippen molar-refractivity contribution in [1.29, 1.82) is 5.26 Å². The molecule has 8 heteroatoms. The number of nitriles is 1. The van der Waals surface area contributed by atoms with Gasteiger partial charge in [0, 0.05) is 0 Å². The third-order valence-electron chi connectivity index (χ3n) is 5.96. The van der Waals surface area contributed by atoms with Crippen molar-refractivity contribution >= 4 is 69.7 Å². The van der Waals surface area contributed by atoms with Gasteiger partial charge in [-0.2, -0.15) is 5.26 Å². The second-order valence-corrected chi connectivity index (χ2v) is 15.8. The summed E-state index contributed by atoms with van der Waals surface area (Å²) in [4.78, 5) is 12.3. The molecular weight excluding hydrogens is 646 g/mol. The van der Waals surface area contributed by atoms with E-state index >= 15 is 0 Å². The molecule has 1 fully saturated rings. The number of ether oxygens (including phenoxy) is 1. The molecule has 1 saturated carbocycles. The summed E-state index contributed by atoms with van der Waals surface area (Å²) in [5.41, 5.74) is -1.29. The van der Waals surface area contributed by atoms with E-state index in [0.717, 1.165) is 0 Å². The van der Waals surface area contributed by atoms with Crippen LogP contribution >= 0.6 is 63.7 Å². The summed E-state index contributed by atoms with van der Waals surface area (Å²) in [5.74, 6) is -0.947. The smallest absolute Gasteiger partial charge is 0.312 e. The van der Waals surface area contributed by atoms with Gasteiger partial charge >= 0.3 is 5.97 Å². The number of rotatable bonds is 6. The van der Waals surface area contributed by atoms with Crippen LogP contribution in [0.15, 0.2) is 54.6 Å². The van der Waals surface area contributed by atoms with E-state index in [2.05, 4.69) is 69.8 Å². The van der Waals surface area contributed by atoms with Crippen molar-refractivity contribution in [3.05, 3.63) is 60.2 Å². The van der Waals surface area contributed by atoms with E-state index in [1.54, 1.807) is 24.3 Å². The average molecular weight is 665 g/mol. The number of alkyl halides is 4. The first-order chi connectivity index (χ1) is 14.0. The minimum absolute atomic E-state index is 0.296. The van der Waals surface area contributed by atoms with Crippen LogP contribution in [0.4, 0.5) is 0 Å². The average Bonchev–Trinajstić information content (AvgIpc) is 3.19. The molecule has 0 heterocycles. The highest BCUT2D eigenvalue weighted by atomic mass is 80.0. The number of aliphatic carboxylic acids is 1. The van der Waals surface area contributed by atoms with Crippen LogP contribution in [0.1, 0.15) is 25.3 Å². The zero-order valence-corrected chi connectivity index (χ0v) is 22.5. The molecule has 2 aromatic carbocycles. The summed E-state index contributed by atoms with van der Waals surface area (Å²) in [6.07, 6.45) is 0. The van der Waals surface area contributed by atoms with E-state index in [0.29, 0.717) is 17.1 Å². The van der Waals surface area contributed by atoms with E-state index < -0.39 is 24.9 Å². The fourth-order valence-corrected chi connectivity index (χ4v) is 6.40. The van der Waals surface area contributed by atoms with Gasteiger partial charge in [0.25, 0.3) is 0 Å². The van der Waals surface area contributed by atoms with Gasteiger partial charge < -0.3 is 9.84 Å². The lowest BCUT2D eigenvalue weighted by molar-refractivity contribution is -0.145. The first-order valence-electron chi connectivity index (χ1n) is 9.14. The molecule has 1 aliphatic carbocycles. The van der Waals surface area contributed by atoms with Gasteiger partial charge in [0.2, 0.25) is 0 Å². The lowest BCUT2D eigenvalue weighted by atomic mass is 9.78. The zero-order valence-electron chi connectivity index (χ0n) is 16.2. The summed E-state index contributed by atoms with van der Waals surface area (Å²) < 4.78 is 5.20. The lowest BCUT2D eigenvalue weighted by Crippen LogP contribution is -2.32. The normalized spacial score (nSPS) is 24.4. The largest absolute Gasteiger partial charge is 0.481 e. The summed E-state index contributed by atoms with van der Waals surface area (Å²) in [5, 5.41) is 20.5. The molecule has 158 valence electrons. The predicted molar refractivity (Wildman–Crippen MR) is 131 cm³/mol. The highest BCUT2D eigenvalue weighted by molar-refractivity contribution is 9.40. The molecule has 4 nitrogen and oxygen atoms in total. The molecule has 3 rings (SSSR count). The van der Waals surface area contributed by atoms with Crippen molar-refractivity contribution in [2.45, 2.75) is 26.7 Å². The number of nitrogens with zero attached hydrogens (tertiary/aromatic N) is 1. The molecule has 1 aliphatic rings. The van der Waals surface area contributed by atoms with E-state index in [-0.39, 0.29) is 10.7 Å². The highest BCUT2D eigenvalue weighted by Crippen LogP contribution is 2.78. The number of para-hydroxylation sites is 1. The minimum Gasteiger partial charge on any atom is -0.481 e. The number of carboxylic acid groups (broad SMARTS) is 1. The second kappa shape index (κ2) is 8.57. The maximum atomic E-state index is 12.6. The second-order valence-electron chi connectivity index (χ2n) is 7.87. The molecule has 0 saturated heterocycles. The van der Waals surface area contributed by atoms with Crippen molar-refractivity contribution in [2.24, 2.45) is 16.7 Å². The van der Waals surface area contributed by atoms with Crippen LogP contribution in [0.25, 0.3) is 0 Å². The maximum absolute atomic E-state index is 12.6. The Labute approximate surface area is 209 Å². The number of halogens is 4. The van der Waals surface area contributed by atoms with Gasteiger partial charge in [-0.05, 0) is 41.2 Å². The van der Waals surface area contributed by atoms with Gasteiger partial charge in [-0.3, -0.25) is 4.79 Å². The van der Waals surface area contributed by atoms with E-state index in [9.17, 15) is 15.2 Å². The maximum Gasteiger partial charge on any atom is 0.312 e. The van der Waals surface area contributed by atoms with E-state index in [4.69, 9.17) is 4.74 Å². The molecule has 2 aromatic rings. The first kappa shape index (κ1) is 23.8. The molecule has 0 spiro atoms.